The van der Waals surface area contributed by atoms with Gasteiger partial charge in [0.2, 0.25) is 0 Å². The fourth-order valence-electron chi connectivity index (χ4n) is 2.04. The Bertz CT molecular complexity index is 644. The van der Waals surface area contributed by atoms with Gasteiger partial charge >= 0.3 is 0 Å². The Kier molecular flexibility index (Phi) is 2.38. The summed E-state index contributed by atoms with van der Waals surface area (Å²) in [5.41, 5.74) is 4.26. The molecule has 3 nitrogen and oxygen atoms in total. The summed E-state index contributed by atoms with van der Waals surface area (Å²) in [6.07, 6.45) is 5.42. The van der Waals surface area contributed by atoms with Gasteiger partial charge in [-0.05, 0) is 29.3 Å². The first kappa shape index (κ1) is 10.1. The van der Waals surface area contributed by atoms with Crippen LogP contribution in [-0.4, -0.2) is 15.1 Å². The molecule has 0 aliphatic rings. The van der Waals surface area contributed by atoms with Crippen molar-refractivity contribution in [2.75, 3.05) is 0 Å². The van der Waals surface area contributed by atoms with Gasteiger partial charge < -0.3 is 10.1 Å². The highest BCUT2D eigenvalue weighted by molar-refractivity contribution is 5.87. The van der Waals surface area contributed by atoms with E-state index in [2.05, 4.69) is 22.1 Å². The number of rotatable bonds is 2. The van der Waals surface area contributed by atoms with Crippen LogP contribution in [0.3, 0.4) is 0 Å². The predicted octanol–water partition coefficient (Wildman–Crippen LogP) is 2.72. The van der Waals surface area contributed by atoms with Gasteiger partial charge in [-0.15, -0.1) is 0 Å². The molecule has 0 saturated heterocycles. The van der Waals surface area contributed by atoms with E-state index in [0.717, 1.165) is 27.6 Å². The fourth-order valence-corrected chi connectivity index (χ4v) is 2.04. The van der Waals surface area contributed by atoms with E-state index < -0.39 is 0 Å². The first-order valence-electron chi connectivity index (χ1n) is 5.50. The minimum absolute atomic E-state index is 0.0641. The van der Waals surface area contributed by atoms with Crippen molar-refractivity contribution >= 4 is 10.9 Å². The van der Waals surface area contributed by atoms with Crippen molar-refractivity contribution in [1.29, 1.82) is 0 Å². The van der Waals surface area contributed by atoms with E-state index >= 15 is 0 Å². The first-order valence-corrected chi connectivity index (χ1v) is 5.50. The van der Waals surface area contributed by atoms with E-state index in [1.807, 2.05) is 24.4 Å². The van der Waals surface area contributed by atoms with E-state index in [1.54, 1.807) is 12.4 Å². The van der Waals surface area contributed by atoms with Crippen molar-refractivity contribution in [3.05, 3.63) is 54.5 Å². The number of aromatic amines is 1. The number of nitrogens with one attached hydrogen (secondary N) is 1. The number of hydrogen-bond donors (Lipinski definition) is 2. The summed E-state index contributed by atoms with van der Waals surface area (Å²) in [4.78, 5) is 7.18. The van der Waals surface area contributed by atoms with Crippen LogP contribution in [-0.2, 0) is 6.61 Å². The van der Waals surface area contributed by atoms with Crippen LogP contribution in [0.25, 0.3) is 22.0 Å². The molecule has 0 fully saturated rings. The molecule has 3 aromatic rings. The van der Waals surface area contributed by atoms with Gasteiger partial charge in [0.25, 0.3) is 0 Å². The van der Waals surface area contributed by atoms with Gasteiger partial charge in [0, 0.05) is 35.1 Å². The molecule has 0 aliphatic heterocycles. The number of aliphatic hydroxyl groups excluding tert-OH is 1. The van der Waals surface area contributed by atoms with E-state index in [1.165, 1.54) is 0 Å². The lowest BCUT2D eigenvalue weighted by molar-refractivity contribution is 0.283. The molecule has 3 heteroatoms. The number of hydrogen-bond acceptors (Lipinski definition) is 2. The summed E-state index contributed by atoms with van der Waals surface area (Å²) in [5, 5.41) is 10.3. The lowest BCUT2D eigenvalue weighted by Crippen LogP contribution is -1.81. The molecule has 0 atom stereocenters. The van der Waals surface area contributed by atoms with E-state index in [-0.39, 0.29) is 6.61 Å². The highest BCUT2D eigenvalue weighted by Gasteiger charge is 2.04. The van der Waals surface area contributed by atoms with E-state index in [4.69, 9.17) is 0 Å². The molecule has 0 saturated carbocycles. The number of pyridine rings is 1. The first-order chi connectivity index (χ1) is 8.38. The molecule has 84 valence electrons. The minimum Gasteiger partial charge on any atom is -0.392 e. The lowest BCUT2D eigenvalue weighted by atomic mass is 10.0. The Morgan fingerprint density at radius 1 is 1.06 bits per heavy atom. The van der Waals surface area contributed by atoms with Crippen LogP contribution in [0.15, 0.2) is 48.9 Å². The molecular weight excluding hydrogens is 212 g/mol. The molecule has 1 aromatic carbocycles. The van der Waals surface area contributed by atoms with Crippen molar-refractivity contribution in [2.45, 2.75) is 6.61 Å². The number of H-pyrrole nitrogens is 1. The zero-order valence-electron chi connectivity index (χ0n) is 9.22. The normalized spacial score (nSPS) is 10.9. The molecule has 0 unspecified atom stereocenters. The Morgan fingerprint density at radius 2 is 1.88 bits per heavy atom. The van der Waals surface area contributed by atoms with Gasteiger partial charge in [-0.25, -0.2) is 0 Å². The molecule has 2 heterocycles. The van der Waals surface area contributed by atoms with Gasteiger partial charge in [0.05, 0.1) is 6.61 Å². The van der Waals surface area contributed by atoms with Crippen LogP contribution in [0, 0.1) is 0 Å². The number of benzene rings is 1. The zero-order valence-corrected chi connectivity index (χ0v) is 9.22. The van der Waals surface area contributed by atoms with Crippen molar-refractivity contribution in [3.63, 3.8) is 0 Å². The molecule has 2 aromatic heterocycles. The Balaban J connectivity index is 2.15. The van der Waals surface area contributed by atoms with Crippen molar-refractivity contribution in [1.82, 2.24) is 9.97 Å². The van der Waals surface area contributed by atoms with Gasteiger partial charge in [-0.3, -0.25) is 4.98 Å². The summed E-state index contributed by atoms with van der Waals surface area (Å²) in [5.74, 6) is 0. The van der Waals surface area contributed by atoms with Crippen LogP contribution in [0.5, 0.6) is 0 Å². The van der Waals surface area contributed by atoms with Crippen LogP contribution in [0.4, 0.5) is 0 Å². The average Bonchev–Trinajstić information content (AvgIpc) is 2.81. The van der Waals surface area contributed by atoms with Crippen LogP contribution in [0.2, 0.25) is 0 Å². The lowest BCUT2D eigenvalue weighted by Gasteiger charge is -2.01. The highest BCUT2D eigenvalue weighted by atomic mass is 16.3. The maximum absolute atomic E-state index is 9.18. The van der Waals surface area contributed by atoms with Gasteiger partial charge in [-0.1, -0.05) is 12.1 Å². The second kappa shape index (κ2) is 4.03. The van der Waals surface area contributed by atoms with E-state index in [9.17, 15) is 5.11 Å². The van der Waals surface area contributed by atoms with Crippen LogP contribution < -0.4 is 0 Å². The second-order valence-corrected chi connectivity index (χ2v) is 3.97. The second-order valence-electron chi connectivity index (χ2n) is 3.97. The van der Waals surface area contributed by atoms with Crippen molar-refractivity contribution in [2.24, 2.45) is 0 Å². The maximum atomic E-state index is 9.18. The standard InChI is InChI=1S/C14H12N2O/c17-9-12-8-16-14-7-11(1-2-13(12)14)10-3-5-15-6-4-10/h1-8,16-17H,9H2. The molecular formula is C14H12N2O. The molecule has 0 amide bonds. The molecule has 2 N–H and O–H groups in total. The van der Waals surface area contributed by atoms with Gasteiger partial charge in [0.15, 0.2) is 0 Å². The molecule has 17 heavy (non-hydrogen) atoms. The highest BCUT2D eigenvalue weighted by Crippen LogP contribution is 2.25. The third-order valence-corrected chi connectivity index (χ3v) is 2.95. The van der Waals surface area contributed by atoms with Crippen molar-refractivity contribution < 1.29 is 5.11 Å². The topological polar surface area (TPSA) is 48.9 Å². The number of aromatic nitrogens is 2. The molecule has 0 bridgehead atoms. The average molecular weight is 224 g/mol. The maximum Gasteiger partial charge on any atom is 0.0702 e. The number of nitrogens with zero attached hydrogens (tertiary/aromatic N) is 1. The monoisotopic (exact) mass is 224 g/mol. The summed E-state index contributed by atoms with van der Waals surface area (Å²) < 4.78 is 0. The largest absolute Gasteiger partial charge is 0.392 e. The molecule has 3 rings (SSSR count). The van der Waals surface area contributed by atoms with E-state index in [0.29, 0.717) is 0 Å². The Hall–Kier alpha value is -2.13. The molecule has 0 spiro atoms. The predicted molar refractivity (Wildman–Crippen MR) is 67.5 cm³/mol. The quantitative estimate of drug-likeness (QED) is 0.703. The zero-order chi connectivity index (χ0) is 11.7. The summed E-state index contributed by atoms with van der Waals surface area (Å²) >= 11 is 0. The third-order valence-electron chi connectivity index (χ3n) is 2.95. The van der Waals surface area contributed by atoms with Gasteiger partial charge in [-0.2, -0.15) is 0 Å². The third kappa shape index (κ3) is 1.70. The van der Waals surface area contributed by atoms with Crippen LogP contribution in [0.1, 0.15) is 5.56 Å². The smallest absolute Gasteiger partial charge is 0.0702 e. The molecule has 0 radical (unpaired) electrons. The van der Waals surface area contributed by atoms with Crippen molar-refractivity contribution in [3.8, 4) is 11.1 Å². The number of fused-ring (bicyclic) bond motifs is 1. The number of aliphatic hydroxyl groups is 1. The Labute approximate surface area is 98.8 Å². The summed E-state index contributed by atoms with van der Waals surface area (Å²) in [6.45, 7) is 0.0641. The SMILES string of the molecule is OCc1c[nH]c2cc(-c3ccncc3)ccc12. The molecule has 0 aliphatic carbocycles. The fraction of sp³-hybridized carbons (Fsp3) is 0.0714. The minimum atomic E-state index is 0.0641. The summed E-state index contributed by atoms with van der Waals surface area (Å²) in [6, 6.07) is 10.1. The van der Waals surface area contributed by atoms with Gasteiger partial charge in [0.1, 0.15) is 0 Å². The Morgan fingerprint density at radius 3 is 2.65 bits per heavy atom. The van der Waals surface area contributed by atoms with Crippen LogP contribution >= 0.6 is 0 Å². The summed E-state index contributed by atoms with van der Waals surface area (Å²) in [7, 11) is 0.